The molecule has 0 heterocycles. The summed E-state index contributed by atoms with van der Waals surface area (Å²) in [6, 6.07) is 8.55. The molecule has 0 radical (unpaired) electrons. The minimum absolute atomic E-state index is 0.627. The number of nitrogens with one attached hydrogen (secondary N) is 1. The lowest BCUT2D eigenvalue weighted by atomic mass is 9.81. The van der Waals surface area contributed by atoms with Gasteiger partial charge in [-0.3, -0.25) is 0 Å². The first-order valence-corrected chi connectivity index (χ1v) is 8.05. The monoisotopic (exact) mass is 279 g/mol. The van der Waals surface area contributed by atoms with Crippen molar-refractivity contribution in [3.63, 3.8) is 0 Å². The second kappa shape index (κ2) is 11.8. The topological polar surface area (TPSA) is 21.3 Å². The molecule has 1 N–H and O–H groups in total. The first-order chi connectivity index (χ1) is 9.76. The average molecular weight is 279 g/mol. The Labute approximate surface area is 125 Å². The summed E-state index contributed by atoms with van der Waals surface area (Å²) in [5.41, 5.74) is 1.42. The van der Waals surface area contributed by atoms with E-state index in [2.05, 4.69) is 37.4 Å². The maximum atomic E-state index is 5.34. The highest BCUT2D eigenvalue weighted by molar-refractivity contribution is 5.31. The summed E-state index contributed by atoms with van der Waals surface area (Å²) in [5.74, 6) is 2.29. The molecule has 0 spiro atoms. The molecule has 0 aliphatic carbocycles. The van der Waals surface area contributed by atoms with Crippen molar-refractivity contribution < 1.29 is 4.74 Å². The van der Waals surface area contributed by atoms with E-state index in [1.165, 1.54) is 24.8 Å². The Morgan fingerprint density at radius 2 is 1.90 bits per heavy atom. The number of benzene rings is 1. The zero-order chi connectivity index (χ0) is 15.4. The van der Waals surface area contributed by atoms with Gasteiger partial charge in [0.25, 0.3) is 0 Å². The molecule has 0 bridgehead atoms. The summed E-state index contributed by atoms with van der Waals surface area (Å²) in [6.07, 6.45) is 3.68. The molecule has 0 aromatic heterocycles. The lowest BCUT2D eigenvalue weighted by Gasteiger charge is -2.26. The lowest BCUT2D eigenvalue weighted by molar-refractivity contribution is 0.372. The van der Waals surface area contributed by atoms with Gasteiger partial charge >= 0.3 is 0 Å². The molecule has 0 amide bonds. The molecule has 1 unspecified atom stereocenters. The van der Waals surface area contributed by atoms with Gasteiger partial charge in [-0.05, 0) is 49.5 Å². The Balaban J connectivity index is 0.00000172. The van der Waals surface area contributed by atoms with Crippen molar-refractivity contribution in [2.75, 3.05) is 20.7 Å². The van der Waals surface area contributed by atoms with E-state index >= 15 is 0 Å². The molecular weight excluding hydrogens is 246 g/mol. The van der Waals surface area contributed by atoms with Gasteiger partial charge in [0, 0.05) is 0 Å². The van der Waals surface area contributed by atoms with Crippen LogP contribution in [-0.4, -0.2) is 20.7 Å². The van der Waals surface area contributed by atoms with E-state index in [0.29, 0.717) is 11.8 Å². The van der Waals surface area contributed by atoms with Crippen LogP contribution < -0.4 is 10.1 Å². The van der Waals surface area contributed by atoms with E-state index in [1.807, 2.05) is 27.0 Å². The second-order valence-electron chi connectivity index (χ2n) is 4.90. The zero-order valence-electron chi connectivity index (χ0n) is 14.2. The highest BCUT2D eigenvalue weighted by Crippen LogP contribution is 2.32. The summed E-state index contributed by atoms with van der Waals surface area (Å²) in [5, 5.41) is 3.32. The summed E-state index contributed by atoms with van der Waals surface area (Å²) < 4.78 is 5.34. The molecule has 0 saturated carbocycles. The number of rotatable bonds is 8. The van der Waals surface area contributed by atoms with E-state index in [0.717, 1.165) is 12.3 Å². The summed E-state index contributed by atoms with van der Waals surface area (Å²) in [7, 11) is 3.77. The summed E-state index contributed by atoms with van der Waals surface area (Å²) in [4.78, 5) is 0. The molecule has 116 valence electrons. The SMILES string of the molecule is CC.CCC[C@H](c1cccc(OC)c1)C(CC)CNC. The molecule has 2 atom stereocenters. The van der Waals surface area contributed by atoms with Crippen LogP contribution in [0.4, 0.5) is 0 Å². The lowest BCUT2D eigenvalue weighted by Crippen LogP contribution is -2.24. The fraction of sp³-hybridized carbons (Fsp3) is 0.667. The average Bonchev–Trinajstić information content (AvgIpc) is 2.52. The Bertz CT molecular complexity index is 338. The minimum Gasteiger partial charge on any atom is -0.497 e. The Morgan fingerprint density at radius 1 is 1.20 bits per heavy atom. The predicted octanol–water partition coefficient (Wildman–Crippen LogP) is 4.85. The van der Waals surface area contributed by atoms with E-state index in [1.54, 1.807) is 7.11 Å². The van der Waals surface area contributed by atoms with Crippen LogP contribution in [0.5, 0.6) is 5.75 Å². The summed E-state index contributed by atoms with van der Waals surface area (Å²) in [6.45, 7) is 9.63. The first-order valence-electron chi connectivity index (χ1n) is 8.05. The van der Waals surface area contributed by atoms with Crippen molar-refractivity contribution in [3.05, 3.63) is 29.8 Å². The molecule has 1 aromatic rings. The van der Waals surface area contributed by atoms with Crippen LogP contribution in [0, 0.1) is 5.92 Å². The van der Waals surface area contributed by atoms with Crippen molar-refractivity contribution in [3.8, 4) is 5.75 Å². The van der Waals surface area contributed by atoms with Gasteiger partial charge < -0.3 is 10.1 Å². The maximum Gasteiger partial charge on any atom is 0.119 e. The van der Waals surface area contributed by atoms with Gasteiger partial charge in [-0.1, -0.05) is 52.7 Å². The molecule has 20 heavy (non-hydrogen) atoms. The molecule has 1 rings (SSSR count). The van der Waals surface area contributed by atoms with Gasteiger partial charge in [0.05, 0.1) is 7.11 Å². The highest BCUT2D eigenvalue weighted by Gasteiger charge is 2.20. The predicted molar refractivity (Wildman–Crippen MR) is 89.7 cm³/mol. The van der Waals surface area contributed by atoms with Crippen molar-refractivity contribution in [2.24, 2.45) is 5.92 Å². The highest BCUT2D eigenvalue weighted by atomic mass is 16.5. The Hall–Kier alpha value is -1.02. The van der Waals surface area contributed by atoms with Gasteiger partial charge in [0.15, 0.2) is 0 Å². The zero-order valence-corrected chi connectivity index (χ0v) is 14.2. The third kappa shape index (κ3) is 5.96. The standard InChI is InChI=1S/C16H27NO.C2H6/c1-5-8-16(13(6-2)12-17-3)14-9-7-10-15(11-14)18-4;1-2/h7,9-11,13,16-17H,5-6,8,12H2,1-4H3;1-2H3/t13?,16-;/m0./s1. The second-order valence-corrected chi connectivity index (χ2v) is 4.90. The maximum absolute atomic E-state index is 5.34. The fourth-order valence-electron chi connectivity index (χ4n) is 2.69. The quantitative estimate of drug-likeness (QED) is 0.734. The van der Waals surface area contributed by atoms with E-state index < -0.39 is 0 Å². The molecule has 0 fully saturated rings. The molecular formula is C18H33NO. The van der Waals surface area contributed by atoms with E-state index in [4.69, 9.17) is 4.74 Å². The van der Waals surface area contributed by atoms with Crippen LogP contribution in [0.3, 0.4) is 0 Å². The van der Waals surface area contributed by atoms with Crippen LogP contribution in [0.25, 0.3) is 0 Å². The minimum atomic E-state index is 0.627. The third-order valence-corrected chi connectivity index (χ3v) is 3.68. The van der Waals surface area contributed by atoms with Crippen molar-refractivity contribution in [2.45, 2.75) is 52.9 Å². The Kier molecular flexibility index (Phi) is 11.2. The van der Waals surface area contributed by atoms with Gasteiger partial charge in [-0.2, -0.15) is 0 Å². The van der Waals surface area contributed by atoms with Crippen LogP contribution in [0.15, 0.2) is 24.3 Å². The van der Waals surface area contributed by atoms with Gasteiger partial charge in [0.2, 0.25) is 0 Å². The van der Waals surface area contributed by atoms with Crippen LogP contribution in [0.1, 0.15) is 58.4 Å². The Morgan fingerprint density at radius 3 is 2.40 bits per heavy atom. The normalized spacial score (nSPS) is 13.1. The van der Waals surface area contributed by atoms with Gasteiger partial charge in [-0.15, -0.1) is 0 Å². The molecule has 0 saturated heterocycles. The number of hydrogen-bond donors (Lipinski definition) is 1. The largest absolute Gasteiger partial charge is 0.497 e. The smallest absolute Gasteiger partial charge is 0.119 e. The van der Waals surface area contributed by atoms with Crippen LogP contribution in [-0.2, 0) is 0 Å². The van der Waals surface area contributed by atoms with Crippen molar-refractivity contribution in [1.82, 2.24) is 5.32 Å². The van der Waals surface area contributed by atoms with Crippen LogP contribution >= 0.6 is 0 Å². The molecule has 0 aliphatic rings. The molecule has 1 aromatic carbocycles. The summed E-state index contributed by atoms with van der Waals surface area (Å²) >= 11 is 0. The molecule has 2 heteroatoms. The van der Waals surface area contributed by atoms with Gasteiger partial charge in [-0.25, -0.2) is 0 Å². The van der Waals surface area contributed by atoms with E-state index in [9.17, 15) is 0 Å². The molecule has 2 nitrogen and oxygen atoms in total. The van der Waals surface area contributed by atoms with E-state index in [-0.39, 0.29) is 0 Å². The van der Waals surface area contributed by atoms with Crippen LogP contribution in [0.2, 0.25) is 0 Å². The fourth-order valence-corrected chi connectivity index (χ4v) is 2.69. The number of hydrogen-bond acceptors (Lipinski definition) is 2. The number of methoxy groups -OCH3 is 1. The third-order valence-electron chi connectivity index (χ3n) is 3.68. The first kappa shape index (κ1) is 19.0. The van der Waals surface area contributed by atoms with Crippen molar-refractivity contribution in [1.29, 1.82) is 0 Å². The van der Waals surface area contributed by atoms with Gasteiger partial charge in [0.1, 0.15) is 5.75 Å². The molecule has 0 aliphatic heterocycles. The van der Waals surface area contributed by atoms with Crippen molar-refractivity contribution >= 4 is 0 Å². The number of ether oxygens (including phenoxy) is 1.